The van der Waals surface area contributed by atoms with Crippen molar-refractivity contribution >= 4 is 22.8 Å². The molecule has 0 aromatic carbocycles. The lowest BCUT2D eigenvalue weighted by molar-refractivity contribution is 1.00. The van der Waals surface area contributed by atoms with Gasteiger partial charge in [-0.25, -0.2) is 4.98 Å². The molecule has 0 bridgehead atoms. The van der Waals surface area contributed by atoms with Gasteiger partial charge in [-0.15, -0.1) is 0 Å². The molecule has 2 heterocycles. The van der Waals surface area contributed by atoms with Crippen LogP contribution in [0.2, 0.25) is 5.28 Å². The maximum absolute atomic E-state index is 5.64. The number of hydrogen-bond donors (Lipinski definition) is 2. The second kappa shape index (κ2) is 2.73. The fraction of sp³-hybridized carbons (Fsp3) is 0.143. The molecule has 0 amide bonds. The van der Waals surface area contributed by atoms with Gasteiger partial charge in [-0.3, -0.25) is 0 Å². The first-order chi connectivity index (χ1) is 5.79. The summed E-state index contributed by atoms with van der Waals surface area (Å²) in [7, 11) is 0. The molecule has 62 valence electrons. The molecule has 0 aliphatic heterocycles. The highest BCUT2D eigenvalue weighted by atomic mass is 35.5. The van der Waals surface area contributed by atoms with Crippen molar-refractivity contribution in [3.8, 4) is 0 Å². The third-order valence-electron chi connectivity index (χ3n) is 1.58. The maximum atomic E-state index is 5.64. The summed E-state index contributed by atoms with van der Waals surface area (Å²) in [6.45, 7) is 0.417. The maximum Gasteiger partial charge on any atom is 0.202 e. The second-order valence-electron chi connectivity index (χ2n) is 2.41. The SMILES string of the molecule is NCc1ccc2[nH]c(Cl)nc2n1. The van der Waals surface area contributed by atoms with Crippen LogP contribution < -0.4 is 5.73 Å². The van der Waals surface area contributed by atoms with Crippen LogP contribution in [0.1, 0.15) is 5.69 Å². The molecular weight excluding hydrogens is 176 g/mol. The van der Waals surface area contributed by atoms with Crippen molar-refractivity contribution in [2.45, 2.75) is 6.54 Å². The van der Waals surface area contributed by atoms with E-state index in [9.17, 15) is 0 Å². The summed E-state index contributed by atoms with van der Waals surface area (Å²) in [6.07, 6.45) is 0. The Morgan fingerprint density at radius 2 is 2.25 bits per heavy atom. The lowest BCUT2D eigenvalue weighted by Gasteiger charge is -1.92. The third-order valence-corrected chi connectivity index (χ3v) is 1.76. The van der Waals surface area contributed by atoms with E-state index < -0.39 is 0 Å². The first-order valence-corrected chi connectivity index (χ1v) is 3.88. The molecule has 0 saturated heterocycles. The quantitative estimate of drug-likeness (QED) is 0.693. The number of nitrogens with zero attached hydrogens (tertiary/aromatic N) is 2. The number of fused-ring (bicyclic) bond motifs is 1. The van der Waals surface area contributed by atoms with Gasteiger partial charge in [0.2, 0.25) is 5.28 Å². The predicted octanol–water partition coefficient (Wildman–Crippen LogP) is 1.07. The van der Waals surface area contributed by atoms with Crippen molar-refractivity contribution < 1.29 is 0 Å². The molecule has 0 aliphatic carbocycles. The molecule has 0 spiro atoms. The molecule has 0 fully saturated rings. The van der Waals surface area contributed by atoms with Crippen molar-refractivity contribution in [2.24, 2.45) is 5.73 Å². The monoisotopic (exact) mass is 182 g/mol. The van der Waals surface area contributed by atoms with Gasteiger partial charge in [0.1, 0.15) is 0 Å². The van der Waals surface area contributed by atoms with Crippen LogP contribution in [0.25, 0.3) is 11.2 Å². The van der Waals surface area contributed by atoms with Gasteiger partial charge in [0, 0.05) is 6.54 Å². The number of halogens is 1. The largest absolute Gasteiger partial charge is 0.327 e. The number of aromatic amines is 1. The van der Waals surface area contributed by atoms with Crippen molar-refractivity contribution in [3.05, 3.63) is 23.1 Å². The number of nitrogens with two attached hydrogens (primary N) is 1. The Kier molecular flexibility index (Phi) is 1.71. The standard InChI is InChI=1S/C7H7ClN4/c8-7-11-5-2-1-4(3-9)10-6(5)12-7/h1-2H,3,9H2,(H,10,11,12). The molecule has 0 atom stereocenters. The Balaban J connectivity index is 2.66. The molecule has 0 unspecified atom stereocenters. The van der Waals surface area contributed by atoms with Crippen molar-refractivity contribution in [3.63, 3.8) is 0 Å². The van der Waals surface area contributed by atoms with E-state index in [1.54, 1.807) is 0 Å². The minimum Gasteiger partial charge on any atom is -0.327 e. The Hall–Kier alpha value is -1.13. The summed E-state index contributed by atoms with van der Waals surface area (Å²) in [4.78, 5) is 11.0. The molecule has 2 rings (SSSR count). The number of H-pyrrole nitrogens is 1. The molecule has 4 nitrogen and oxygen atoms in total. The number of nitrogens with one attached hydrogen (secondary N) is 1. The van der Waals surface area contributed by atoms with Gasteiger partial charge in [0.25, 0.3) is 0 Å². The van der Waals surface area contributed by atoms with E-state index in [1.807, 2.05) is 12.1 Å². The predicted molar refractivity (Wildman–Crippen MR) is 46.8 cm³/mol. The summed E-state index contributed by atoms with van der Waals surface area (Å²) in [5.41, 5.74) is 7.67. The van der Waals surface area contributed by atoms with Gasteiger partial charge >= 0.3 is 0 Å². The molecule has 0 aliphatic rings. The summed E-state index contributed by atoms with van der Waals surface area (Å²) >= 11 is 5.64. The molecule has 2 aromatic heterocycles. The van der Waals surface area contributed by atoms with Crippen LogP contribution in [-0.2, 0) is 6.54 Å². The number of pyridine rings is 1. The Morgan fingerprint density at radius 3 is 3.00 bits per heavy atom. The van der Waals surface area contributed by atoms with E-state index in [0.29, 0.717) is 17.5 Å². The van der Waals surface area contributed by atoms with Crippen LogP contribution in [-0.4, -0.2) is 15.0 Å². The topological polar surface area (TPSA) is 67.6 Å². The zero-order chi connectivity index (χ0) is 8.55. The van der Waals surface area contributed by atoms with Gasteiger partial charge < -0.3 is 10.7 Å². The van der Waals surface area contributed by atoms with E-state index in [1.165, 1.54) is 0 Å². The molecule has 3 N–H and O–H groups in total. The third kappa shape index (κ3) is 1.15. The zero-order valence-electron chi connectivity index (χ0n) is 6.21. The highest BCUT2D eigenvalue weighted by Gasteiger charge is 2.01. The molecule has 0 saturated carbocycles. The summed E-state index contributed by atoms with van der Waals surface area (Å²) in [5, 5.41) is 0.353. The first kappa shape index (κ1) is 7.52. The molecule has 5 heteroatoms. The lowest BCUT2D eigenvalue weighted by Crippen LogP contribution is -1.98. The minimum absolute atomic E-state index is 0.353. The summed E-state index contributed by atoms with van der Waals surface area (Å²) in [5.74, 6) is 0. The smallest absolute Gasteiger partial charge is 0.202 e. The van der Waals surface area contributed by atoms with Crippen LogP contribution >= 0.6 is 11.6 Å². The fourth-order valence-corrected chi connectivity index (χ4v) is 1.20. The number of aromatic nitrogens is 3. The van der Waals surface area contributed by atoms with E-state index in [-0.39, 0.29) is 0 Å². The molecule has 2 aromatic rings. The van der Waals surface area contributed by atoms with E-state index >= 15 is 0 Å². The van der Waals surface area contributed by atoms with Crippen molar-refractivity contribution in [2.75, 3.05) is 0 Å². The van der Waals surface area contributed by atoms with Crippen molar-refractivity contribution in [1.29, 1.82) is 0 Å². The van der Waals surface area contributed by atoms with Gasteiger partial charge in [0.15, 0.2) is 5.65 Å². The van der Waals surface area contributed by atoms with Gasteiger partial charge in [0.05, 0.1) is 11.2 Å². The van der Waals surface area contributed by atoms with E-state index in [0.717, 1.165) is 11.2 Å². The average molecular weight is 183 g/mol. The van der Waals surface area contributed by atoms with Gasteiger partial charge in [-0.1, -0.05) is 0 Å². The van der Waals surface area contributed by atoms with Crippen molar-refractivity contribution in [1.82, 2.24) is 15.0 Å². The van der Waals surface area contributed by atoms with Crippen LogP contribution in [0.3, 0.4) is 0 Å². The fourth-order valence-electron chi connectivity index (χ4n) is 1.02. The second-order valence-corrected chi connectivity index (χ2v) is 2.76. The van der Waals surface area contributed by atoms with E-state index in [2.05, 4.69) is 15.0 Å². The Bertz CT molecular complexity index is 409. The van der Waals surface area contributed by atoms with Gasteiger partial charge in [-0.2, -0.15) is 4.98 Å². The highest BCUT2D eigenvalue weighted by Crippen LogP contribution is 2.12. The van der Waals surface area contributed by atoms with E-state index in [4.69, 9.17) is 17.3 Å². The summed E-state index contributed by atoms with van der Waals surface area (Å²) < 4.78 is 0. The molecule has 0 radical (unpaired) electrons. The van der Waals surface area contributed by atoms with Crippen LogP contribution in [0.5, 0.6) is 0 Å². The summed E-state index contributed by atoms with van der Waals surface area (Å²) in [6, 6.07) is 3.71. The Labute approximate surface area is 73.8 Å². The normalized spacial score (nSPS) is 10.8. The highest BCUT2D eigenvalue weighted by molar-refractivity contribution is 6.28. The molecule has 12 heavy (non-hydrogen) atoms. The first-order valence-electron chi connectivity index (χ1n) is 3.51. The van der Waals surface area contributed by atoms with Gasteiger partial charge in [-0.05, 0) is 23.7 Å². The number of rotatable bonds is 1. The van der Waals surface area contributed by atoms with Crippen LogP contribution in [0, 0.1) is 0 Å². The number of imidazole rings is 1. The Morgan fingerprint density at radius 1 is 1.42 bits per heavy atom. The minimum atomic E-state index is 0.353. The zero-order valence-corrected chi connectivity index (χ0v) is 6.97. The van der Waals surface area contributed by atoms with Crippen LogP contribution in [0.15, 0.2) is 12.1 Å². The molecular formula is C7H7ClN4. The van der Waals surface area contributed by atoms with Crippen LogP contribution in [0.4, 0.5) is 0 Å². The lowest BCUT2D eigenvalue weighted by atomic mass is 10.3. The average Bonchev–Trinajstić information content (AvgIpc) is 2.43. The number of hydrogen-bond acceptors (Lipinski definition) is 3.